The van der Waals surface area contributed by atoms with Crippen molar-refractivity contribution in [2.24, 2.45) is 0 Å². The average Bonchev–Trinajstić information content (AvgIpc) is 2.78. The summed E-state index contributed by atoms with van der Waals surface area (Å²) in [6.07, 6.45) is 11.3. The summed E-state index contributed by atoms with van der Waals surface area (Å²) in [5, 5.41) is 12.0. The Kier molecular flexibility index (Phi) is 6.56. The summed E-state index contributed by atoms with van der Waals surface area (Å²) in [5.41, 5.74) is 0.100. The van der Waals surface area contributed by atoms with Gasteiger partial charge >= 0.3 is 5.97 Å². The van der Waals surface area contributed by atoms with Crippen LogP contribution in [0.2, 0.25) is 0 Å². The van der Waals surface area contributed by atoms with Crippen LogP contribution < -0.4 is 0 Å². The zero-order valence-electron chi connectivity index (χ0n) is 17.5. The number of aromatic hydroxyl groups is 1. The van der Waals surface area contributed by atoms with E-state index in [0.29, 0.717) is 0 Å². The molecule has 0 bridgehead atoms. The summed E-state index contributed by atoms with van der Waals surface area (Å²) in [6.45, 7) is -0.266. The molecule has 0 heterocycles. The molecule has 0 radical (unpaired) electrons. The maximum absolute atomic E-state index is 13.2. The van der Waals surface area contributed by atoms with Gasteiger partial charge in [0.05, 0.1) is 0 Å². The van der Waals surface area contributed by atoms with E-state index in [-0.39, 0.29) is 35.9 Å². The molecular formula is C25H31NO4. The molecule has 0 spiro atoms. The van der Waals surface area contributed by atoms with Crippen molar-refractivity contribution in [2.75, 3.05) is 6.61 Å². The molecule has 5 nitrogen and oxygen atoms in total. The number of nitrogens with zero attached hydrogens (tertiary/aromatic N) is 1. The first kappa shape index (κ1) is 20.7. The molecule has 0 aromatic heterocycles. The molecule has 4 rings (SSSR count). The first-order chi connectivity index (χ1) is 14.6. The standard InChI is InChI=1S/C25H31NO4/c27-23-16-19-10-8-7-9-18(19)15-22(23)25(29)30-17-24(28)26(20-11-3-1-4-12-20)21-13-5-2-6-14-21/h7-10,15-16,20-21,27H,1-6,11-14,17H2. The smallest absolute Gasteiger partial charge is 0.342 e. The van der Waals surface area contributed by atoms with Crippen LogP contribution in [0.5, 0.6) is 5.75 Å². The fraction of sp³-hybridized carbons (Fsp3) is 0.520. The molecular weight excluding hydrogens is 378 g/mol. The molecule has 160 valence electrons. The van der Waals surface area contributed by atoms with E-state index in [0.717, 1.165) is 62.1 Å². The minimum Gasteiger partial charge on any atom is -0.507 e. The fourth-order valence-corrected chi connectivity index (χ4v) is 5.10. The number of hydrogen-bond acceptors (Lipinski definition) is 4. The maximum Gasteiger partial charge on any atom is 0.342 e. The number of rotatable bonds is 5. The monoisotopic (exact) mass is 409 g/mol. The SMILES string of the molecule is O=C(OCC(=O)N(C1CCCCC1)C1CCCCC1)c1cc2ccccc2cc1O. The third kappa shape index (κ3) is 4.61. The molecule has 0 saturated heterocycles. The number of phenolic OH excluding ortho intramolecular Hbond substituents is 1. The molecule has 2 aliphatic carbocycles. The van der Waals surface area contributed by atoms with Crippen LogP contribution in [0, 0.1) is 0 Å². The van der Waals surface area contributed by atoms with Gasteiger partial charge in [0, 0.05) is 12.1 Å². The molecule has 0 aliphatic heterocycles. The van der Waals surface area contributed by atoms with Gasteiger partial charge in [-0.2, -0.15) is 0 Å². The molecule has 2 saturated carbocycles. The van der Waals surface area contributed by atoms with E-state index in [9.17, 15) is 14.7 Å². The van der Waals surface area contributed by atoms with Crippen molar-refractivity contribution in [3.8, 4) is 5.75 Å². The maximum atomic E-state index is 13.2. The van der Waals surface area contributed by atoms with E-state index in [2.05, 4.69) is 0 Å². The van der Waals surface area contributed by atoms with E-state index in [4.69, 9.17) is 4.74 Å². The molecule has 30 heavy (non-hydrogen) atoms. The van der Waals surface area contributed by atoms with Crippen LogP contribution in [-0.4, -0.2) is 40.6 Å². The highest BCUT2D eigenvalue weighted by Crippen LogP contribution is 2.31. The Hall–Kier alpha value is -2.56. The van der Waals surface area contributed by atoms with Gasteiger partial charge in [-0.3, -0.25) is 4.79 Å². The number of hydrogen-bond donors (Lipinski definition) is 1. The van der Waals surface area contributed by atoms with E-state index in [1.165, 1.54) is 12.8 Å². The number of phenols is 1. The van der Waals surface area contributed by atoms with Crippen LogP contribution in [0.1, 0.15) is 74.6 Å². The van der Waals surface area contributed by atoms with Gasteiger partial charge in [0.15, 0.2) is 6.61 Å². The van der Waals surface area contributed by atoms with Gasteiger partial charge in [-0.25, -0.2) is 4.79 Å². The fourth-order valence-electron chi connectivity index (χ4n) is 5.10. The summed E-state index contributed by atoms with van der Waals surface area (Å²) in [4.78, 5) is 27.8. The van der Waals surface area contributed by atoms with E-state index in [1.54, 1.807) is 12.1 Å². The molecule has 2 aromatic rings. The number of carbonyl (C=O) groups is 2. The van der Waals surface area contributed by atoms with Gasteiger partial charge in [-0.05, 0) is 48.6 Å². The lowest BCUT2D eigenvalue weighted by Crippen LogP contribution is -2.50. The van der Waals surface area contributed by atoms with Gasteiger partial charge in [-0.1, -0.05) is 62.8 Å². The Bertz CT molecular complexity index is 879. The molecule has 2 fully saturated rings. The second-order valence-electron chi connectivity index (χ2n) is 8.68. The highest BCUT2D eigenvalue weighted by Gasteiger charge is 2.33. The zero-order chi connectivity index (χ0) is 20.9. The van der Waals surface area contributed by atoms with Crippen LogP contribution in [0.4, 0.5) is 0 Å². The van der Waals surface area contributed by atoms with Crippen molar-refractivity contribution < 1.29 is 19.4 Å². The summed E-state index contributed by atoms with van der Waals surface area (Å²) in [5.74, 6) is -0.871. The topological polar surface area (TPSA) is 66.8 Å². The van der Waals surface area contributed by atoms with Crippen LogP contribution in [0.3, 0.4) is 0 Å². The minimum atomic E-state index is -0.654. The van der Waals surface area contributed by atoms with Gasteiger partial charge in [0.2, 0.25) is 0 Å². The third-order valence-corrected chi connectivity index (χ3v) is 6.63. The molecule has 0 atom stereocenters. The summed E-state index contributed by atoms with van der Waals surface area (Å²) >= 11 is 0. The number of carbonyl (C=O) groups excluding carboxylic acids is 2. The first-order valence-corrected chi connectivity index (χ1v) is 11.3. The minimum absolute atomic E-state index is 0.0950. The Balaban J connectivity index is 1.45. The Morgan fingerprint density at radius 1 is 0.867 bits per heavy atom. The number of amides is 1. The number of esters is 1. The molecule has 1 amide bonds. The number of fused-ring (bicyclic) bond motifs is 1. The predicted molar refractivity (Wildman–Crippen MR) is 116 cm³/mol. The van der Waals surface area contributed by atoms with Gasteiger partial charge < -0.3 is 14.7 Å². The number of benzene rings is 2. The molecule has 1 N–H and O–H groups in total. The van der Waals surface area contributed by atoms with Crippen LogP contribution >= 0.6 is 0 Å². The van der Waals surface area contributed by atoms with Crippen molar-refractivity contribution in [3.63, 3.8) is 0 Å². The highest BCUT2D eigenvalue weighted by atomic mass is 16.5. The van der Waals surface area contributed by atoms with Gasteiger partial charge in [-0.15, -0.1) is 0 Å². The largest absolute Gasteiger partial charge is 0.507 e. The van der Waals surface area contributed by atoms with Crippen molar-refractivity contribution in [3.05, 3.63) is 42.0 Å². The lowest BCUT2D eigenvalue weighted by Gasteiger charge is -2.41. The van der Waals surface area contributed by atoms with Crippen LogP contribution in [0.25, 0.3) is 10.8 Å². The quantitative estimate of drug-likeness (QED) is 0.690. The van der Waals surface area contributed by atoms with Crippen LogP contribution in [0.15, 0.2) is 36.4 Å². The average molecular weight is 410 g/mol. The van der Waals surface area contributed by atoms with Crippen molar-refractivity contribution in [2.45, 2.75) is 76.3 Å². The van der Waals surface area contributed by atoms with Crippen LogP contribution in [-0.2, 0) is 9.53 Å². The lowest BCUT2D eigenvalue weighted by molar-refractivity contribution is -0.141. The molecule has 2 aromatic carbocycles. The molecule has 0 unspecified atom stereocenters. The summed E-state index contributed by atoms with van der Waals surface area (Å²) in [7, 11) is 0. The lowest BCUT2D eigenvalue weighted by atomic mass is 9.88. The Morgan fingerprint density at radius 2 is 1.40 bits per heavy atom. The normalized spacial score (nSPS) is 18.3. The third-order valence-electron chi connectivity index (χ3n) is 6.63. The van der Waals surface area contributed by atoms with E-state index in [1.807, 2.05) is 29.2 Å². The second kappa shape index (κ2) is 9.50. The van der Waals surface area contributed by atoms with E-state index < -0.39 is 5.97 Å². The van der Waals surface area contributed by atoms with Gasteiger partial charge in [0.1, 0.15) is 11.3 Å². The molecule has 5 heteroatoms. The van der Waals surface area contributed by atoms with Crippen molar-refractivity contribution >= 4 is 22.6 Å². The Morgan fingerprint density at radius 3 is 1.97 bits per heavy atom. The van der Waals surface area contributed by atoms with Crippen molar-refractivity contribution in [1.29, 1.82) is 0 Å². The second-order valence-corrected chi connectivity index (χ2v) is 8.68. The Labute approximate surface area is 178 Å². The predicted octanol–water partition coefficient (Wildman–Crippen LogP) is 5.20. The zero-order valence-corrected chi connectivity index (χ0v) is 17.5. The molecule has 2 aliphatic rings. The highest BCUT2D eigenvalue weighted by molar-refractivity contribution is 5.99. The van der Waals surface area contributed by atoms with E-state index >= 15 is 0 Å². The first-order valence-electron chi connectivity index (χ1n) is 11.3. The summed E-state index contributed by atoms with van der Waals surface area (Å²) in [6, 6.07) is 11.2. The number of ether oxygens (including phenoxy) is 1. The van der Waals surface area contributed by atoms with Crippen molar-refractivity contribution in [1.82, 2.24) is 4.90 Å². The summed E-state index contributed by atoms with van der Waals surface area (Å²) < 4.78 is 5.39. The van der Waals surface area contributed by atoms with Gasteiger partial charge in [0.25, 0.3) is 5.91 Å².